The molecule has 362 valence electrons. The minimum absolute atomic E-state index is 0.0272. The maximum Gasteiger partial charge on any atom is 0.319 e. The van der Waals surface area contributed by atoms with E-state index in [-0.39, 0.29) is 46.8 Å². The number of phenols is 1. The quantitative estimate of drug-likeness (QED) is 0.107. The van der Waals surface area contributed by atoms with Gasteiger partial charge in [-0.05, 0) is 97.0 Å². The van der Waals surface area contributed by atoms with Gasteiger partial charge >= 0.3 is 6.01 Å². The van der Waals surface area contributed by atoms with Gasteiger partial charge in [0.15, 0.2) is 5.82 Å². The monoisotopic (exact) mass is 948 g/mol. The summed E-state index contributed by atoms with van der Waals surface area (Å²) in [5.74, 6) is -3.47. The Bertz CT molecular complexity index is 2850. The fourth-order valence-electron chi connectivity index (χ4n) is 12.4. The largest absolute Gasteiger partial charge is 0.508 e. The number of phenolic OH excluding ortho intramolecular Hbond substituents is 1. The SMILES string of the molecule is CCc1c(F)ccc2cc(O)cc(-c3ncc4c(N5CC6CCC(C5)N6)nc(OCC5(CN6CCN(N7C[C@H]8CN(c9cc(F)c(C%10CCC(=O)NC%10=O)c(F)c9)C[C@H]8C7)CC6)CC5)nc4c3F)c12. The molecule has 3 N–H and O–H groups in total. The lowest BCUT2D eigenvalue weighted by molar-refractivity contribution is -0.134. The zero-order valence-electron chi connectivity index (χ0n) is 38.6. The highest BCUT2D eigenvalue weighted by molar-refractivity contribution is 6.02. The van der Waals surface area contributed by atoms with E-state index in [1.165, 1.54) is 24.3 Å². The van der Waals surface area contributed by atoms with Gasteiger partial charge in [-0.1, -0.05) is 13.0 Å². The van der Waals surface area contributed by atoms with E-state index in [0.29, 0.717) is 102 Å². The van der Waals surface area contributed by atoms with Gasteiger partial charge in [0.2, 0.25) is 11.8 Å². The van der Waals surface area contributed by atoms with E-state index in [2.05, 4.69) is 40.3 Å². The van der Waals surface area contributed by atoms with Gasteiger partial charge in [-0.2, -0.15) is 9.97 Å². The van der Waals surface area contributed by atoms with E-state index >= 15 is 17.6 Å². The van der Waals surface area contributed by atoms with Crippen molar-refractivity contribution in [2.75, 3.05) is 88.4 Å². The summed E-state index contributed by atoms with van der Waals surface area (Å²) in [6.45, 7) is 11.2. The third-order valence-corrected chi connectivity index (χ3v) is 16.2. The second-order valence-corrected chi connectivity index (χ2v) is 20.7. The lowest BCUT2D eigenvalue weighted by Gasteiger charge is -2.41. The number of imide groups is 1. The first-order valence-electron chi connectivity index (χ1n) is 24.6. The molecule has 18 heteroatoms. The minimum atomic E-state index is -1.02. The molecule has 3 unspecified atom stereocenters. The highest BCUT2D eigenvalue weighted by Crippen LogP contribution is 2.47. The van der Waals surface area contributed by atoms with Crippen molar-refractivity contribution in [3.05, 3.63) is 77.0 Å². The van der Waals surface area contributed by atoms with Gasteiger partial charge in [-0.3, -0.25) is 24.8 Å². The summed E-state index contributed by atoms with van der Waals surface area (Å²) in [4.78, 5) is 45.1. The van der Waals surface area contributed by atoms with E-state index in [1.807, 2.05) is 6.92 Å². The van der Waals surface area contributed by atoms with Crippen LogP contribution in [0, 0.1) is 40.5 Å². The molecule has 0 radical (unpaired) electrons. The number of ether oxygens (including phenoxy) is 1. The van der Waals surface area contributed by atoms with Crippen LogP contribution in [0.4, 0.5) is 29.1 Å². The number of benzene rings is 3. The first kappa shape index (κ1) is 44.5. The maximum atomic E-state index is 17.2. The summed E-state index contributed by atoms with van der Waals surface area (Å²) in [5.41, 5.74) is 0.891. The lowest BCUT2D eigenvalue weighted by atomic mass is 9.89. The molecule has 1 saturated carbocycles. The first-order chi connectivity index (χ1) is 33.4. The van der Waals surface area contributed by atoms with Crippen molar-refractivity contribution in [3.8, 4) is 23.0 Å². The van der Waals surface area contributed by atoms with Gasteiger partial charge in [0, 0.05) is 119 Å². The summed E-state index contributed by atoms with van der Waals surface area (Å²) < 4.78 is 69.6. The Kier molecular flexibility index (Phi) is 11.2. The van der Waals surface area contributed by atoms with Gasteiger partial charge in [0.05, 0.1) is 17.9 Å². The number of piperazine rings is 2. The average Bonchev–Trinajstić information content (AvgIpc) is 3.59. The van der Waals surface area contributed by atoms with E-state index in [1.54, 1.807) is 18.3 Å². The van der Waals surface area contributed by atoms with Crippen LogP contribution in [-0.4, -0.2) is 137 Å². The van der Waals surface area contributed by atoms with E-state index < -0.39 is 41.0 Å². The Morgan fingerprint density at radius 2 is 1.55 bits per heavy atom. The van der Waals surface area contributed by atoms with Gasteiger partial charge in [0.1, 0.15) is 40.2 Å². The number of pyridine rings is 1. The molecular weight excluding hydrogens is 893 g/mol. The first-order valence-corrected chi connectivity index (χ1v) is 24.6. The molecule has 2 bridgehead atoms. The number of anilines is 2. The third-order valence-electron chi connectivity index (χ3n) is 16.2. The van der Waals surface area contributed by atoms with Gasteiger partial charge in [-0.15, -0.1) is 0 Å². The minimum Gasteiger partial charge on any atom is -0.508 e. The number of carbonyl (C=O) groups is 2. The van der Waals surface area contributed by atoms with Gasteiger partial charge in [0.25, 0.3) is 0 Å². The predicted octanol–water partition coefficient (Wildman–Crippen LogP) is 5.89. The molecule has 12 rings (SSSR count). The molecule has 0 spiro atoms. The van der Waals surface area contributed by atoms with E-state index in [0.717, 1.165) is 71.5 Å². The van der Waals surface area contributed by atoms with Crippen LogP contribution in [0.5, 0.6) is 11.8 Å². The second-order valence-electron chi connectivity index (χ2n) is 20.7. The number of hydrazine groups is 1. The summed E-state index contributed by atoms with van der Waals surface area (Å²) in [7, 11) is 0. The molecule has 5 aromatic rings. The van der Waals surface area contributed by atoms with Crippen molar-refractivity contribution in [3.63, 3.8) is 0 Å². The topological polar surface area (TPSA) is 143 Å². The number of aromatic nitrogens is 3. The van der Waals surface area contributed by atoms with Crippen molar-refractivity contribution >= 4 is 45.0 Å². The Morgan fingerprint density at radius 3 is 2.23 bits per heavy atom. The molecule has 5 atom stereocenters. The molecular formula is C51H56F4N10O4. The predicted molar refractivity (Wildman–Crippen MR) is 251 cm³/mol. The third kappa shape index (κ3) is 8.19. The lowest BCUT2D eigenvalue weighted by Crippen LogP contribution is -2.54. The standard InChI is InChI=1S/C51H56F4N10O4/c1-2-35-39(52)7-3-28-15-34(66)18-37(43(28)35)46-45(55)47-38(19-56-46)48(63-24-31-4-5-32(25-63)57-31)60-50(59-47)69-27-51(9-10-51)26-61-11-13-64(14-12-61)65-22-29-20-62(21-30(29)23-65)33-16-40(53)44(41(54)17-33)36-6-8-42(67)58-49(36)68/h3,7,15-19,29-32,36,57,66H,2,4-6,8-14,20-27H2,1H3,(H,58,67,68)/t29-,30+,31?,32?,36?. The molecule has 7 aliphatic rings. The molecule has 69 heavy (non-hydrogen) atoms. The number of amides is 2. The number of fused-ring (bicyclic) bond motifs is 5. The summed E-state index contributed by atoms with van der Waals surface area (Å²) in [6.07, 6.45) is 6.21. The van der Waals surface area contributed by atoms with Crippen LogP contribution in [-0.2, 0) is 16.0 Å². The summed E-state index contributed by atoms with van der Waals surface area (Å²) in [5, 5.41) is 23.1. The Labute approximate surface area is 397 Å². The molecule has 2 amide bonds. The Balaban J connectivity index is 0.708. The normalized spacial score (nSPS) is 26.1. The number of carbonyl (C=O) groups excluding carboxylic acids is 2. The molecule has 6 saturated heterocycles. The number of nitrogens with zero attached hydrogens (tertiary/aromatic N) is 8. The van der Waals surface area contributed by atoms with Crippen molar-refractivity contribution in [1.29, 1.82) is 0 Å². The molecule has 6 aliphatic heterocycles. The number of hydrogen-bond donors (Lipinski definition) is 3. The van der Waals surface area contributed by atoms with Crippen LogP contribution in [0.25, 0.3) is 32.9 Å². The average molecular weight is 949 g/mol. The number of piperidine rings is 1. The van der Waals surface area contributed by atoms with Crippen LogP contribution in [0.1, 0.15) is 62.5 Å². The van der Waals surface area contributed by atoms with Crippen LogP contribution < -0.4 is 25.2 Å². The Hall–Kier alpha value is -5.69. The molecule has 3 aromatic carbocycles. The zero-order valence-corrected chi connectivity index (χ0v) is 38.6. The number of halogens is 4. The number of aromatic hydroxyl groups is 1. The van der Waals surface area contributed by atoms with Crippen molar-refractivity contribution in [2.45, 2.75) is 69.9 Å². The van der Waals surface area contributed by atoms with E-state index in [9.17, 15) is 14.7 Å². The highest BCUT2D eigenvalue weighted by Gasteiger charge is 2.47. The molecule has 2 aromatic heterocycles. The number of rotatable bonds is 11. The van der Waals surface area contributed by atoms with Crippen LogP contribution >= 0.6 is 0 Å². The number of hydrogen-bond acceptors (Lipinski definition) is 13. The van der Waals surface area contributed by atoms with Crippen LogP contribution in [0.3, 0.4) is 0 Å². The number of aryl methyl sites for hydroxylation is 1. The van der Waals surface area contributed by atoms with Gasteiger partial charge < -0.3 is 25.0 Å². The zero-order chi connectivity index (χ0) is 47.3. The molecule has 8 heterocycles. The van der Waals surface area contributed by atoms with Crippen molar-refractivity contribution in [1.82, 2.24) is 40.5 Å². The summed E-state index contributed by atoms with van der Waals surface area (Å²) in [6, 6.07) is 9.32. The van der Waals surface area contributed by atoms with Gasteiger partial charge in [-0.25, -0.2) is 27.6 Å². The van der Waals surface area contributed by atoms with E-state index in [4.69, 9.17) is 14.7 Å². The molecule has 7 fully saturated rings. The van der Waals surface area contributed by atoms with Crippen molar-refractivity contribution in [2.24, 2.45) is 17.3 Å². The van der Waals surface area contributed by atoms with Crippen LogP contribution in [0.2, 0.25) is 0 Å². The second kappa shape index (κ2) is 17.3. The smallest absolute Gasteiger partial charge is 0.319 e. The summed E-state index contributed by atoms with van der Waals surface area (Å²) >= 11 is 0. The fourth-order valence-corrected chi connectivity index (χ4v) is 12.4. The molecule has 14 nitrogen and oxygen atoms in total. The number of nitrogens with one attached hydrogen (secondary N) is 2. The highest BCUT2D eigenvalue weighted by atomic mass is 19.1. The van der Waals surface area contributed by atoms with Crippen molar-refractivity contribution < 1.29 is 37.0 Å². The fraction of sp³-hybridized carbons (Fsp3) is 0.510. The van der Waals surface area contributed by atoms with Crippen LogP contribution in [0.15, 0.2) is 42.6 Å². The molecule has 1 aliphatic carbocycles. The Morgan fingerprint density at radius 1 is 0.826 bits per heavy atom. The maximum absolute atomic E-state index is 17.2.